The van der Waals surface area contributed by atoms with Gasteiger partial charge < -0.3 is 14.5 Å². The number of ether oxygens (including phenoxy) is 1. The van der Waals surface area contributed by atoms with Crippen LogP contribution >= 0.6 is 30.3 Å². The molecule has 8 heteroatoms. The van der Waals surface area contributed by atoms with Gasteiger partial charge in [0.05, 0.1) is 18.7 Å². The molecule has 0 amide bonds. The van der Waals surface area contributed by atoms with Crippen molar-refractivity contribution in [3.8, 4) is 6.07 Å². The van der Waals surface area contributed by atoms with Crippen molar-refractivity contribution in [3.05, 3.63) is 41.2 Å². The number of carbonyl (C=O) groups is 1. The van der Waals surface area contributed by atoms with Crippen molar-refractivity contribution in [2.24, 2.45) is 0 Å². The third kappa shape index (κ3) is 4.10. The lowest BCUT2D eigenvalue weighted by atomic mass is 10.1. The summed E-state index contributed by atoms with van der Waals surface area (Å²) in [5.74, 6) is -0.267. The largest absolute Gasteiger partial charge is 0.382 e. The molecule has 0 bridgehead atoms. The van der Waals surface area contributed by atoms with E-state index in [0.717, 1.165) is 37.2 Å². The van der Waals surface area contributed by atoms with E-state index in [4.69, 9.17) is 4.74 Å². The first-order valence-corrected chi connectivity index (χ1v) is 11.9. The molecule has 1 aliphatic heterocycles. The van der Waals surface area contributed by atoms with Crippen LogP contribution in [0.3, 0.4) is 0 Å². The Balaban J connectivity index is 2.10. The van der Waals surface area contributed by atoms with Gasteiger partial charge in [-0.25, -0.2) is 0 Å². The number of halogens is 1. The zero-order valence-corrected chi connectivity index (χ0v) is 18.5. The number of hydrogen-bond donors (Lipinski definition) is 0. The zero-order chi connectivity index (χ0) is 19.6. The Bertz CT molecular complexity index is 939. The van der Waals surface area contributed by atoms with Crippen LogP contribution in [-0.4, -0.2) is 55.1 Å². The van der Waals surface area contributed by atoms with Crippen molar-refractivity contribution < 1.29 is 9.53 Å². The van der Waals surface area contributed by atoms with Gasteiger partial charge in [0, 0.05) is 74.8 Å². The number of hydrogen-bond acceptors (Lipinski definition) is 6. The summed E-state index contributed by atoms with van der Waals surface area (Å²) in [6.07, 6.45) is 1.56. The highest BCUT2D eigenvalue weighted by Crippen LogP contribution is 2.34. The van der Waals surface area contributed by atoms with Gasteiger partial charge in [-0.2, -0.15) is 5.26 Å². The Hall–Kier alpha value is -1.70. The average molecular weight is 496 g/mol. The second-order valence-corrected chi connectivity index (χ2v) is 8.32. The minimum absolute atomic E-state index is 0.125. The van der Waals surface area contributed by atoms with E-state index < -0.39 is 0 Å². The lowest BCUT2D eigenvalue weighted by Gasteiger charge is -2.30. The number of benzene rings is 1. The minimum Gasteiger partial charge on any atom is -0.382 e. The average Bonchev–Trinajstić information content (AvgIpc) is 3.02. The monoisotopic (exact) mass is 496 g/mol. The molecule has 6 nitrogen and oxygen atoms in total. The lowest BCUT2D eigenvalue weighted by molar-refractivity contribution is 0.103. The van der Waals surface area contributed by atoms with Gasteiger partial charge in [0.2, 0.25) is 5.78 Å². The summed E-state index contributed by atoms with van der Waals surface area (Å²) in [7, 11) is 5.03. The molecule has 1 aliphatic rings. The number of allylic oxidation sites excluding steroid dienone is 1. The molecule has 27 heavy (non-hydrogen) atoms. The number of ketones is 1. The number of aryl methyl sites for hydroxylation is 1. The molecule has 0 N–H and O–H groups in total. The fraction of sp³-hybridized carbons (Fsp3) is 0.368. The van der Waals surface area contributed by atoms with Crippen LogP contribution in [0.1, 0.15) is 16.1 Å². The Morgan fingerprint density at radius 1 is 1.33 bits per heavy atom. The molecule has 1 aromatic heterocycles. The second-order valence-electron chi connectivity index (χ2n) is 6.64. The third-order valence-corrected chi connectivity index (χ3v) is 6.19. The predicted octanol–water partition coefficient (Wildman–Crippen LogP) is 3.78. The van der Waals surface area contributed by atoms with E-state index in [9.17, 15) is 10.1 Å². The molecule has 1 fully saturated rings. The van der Waals surface area contributed by atoms with E-state index in [2.05, 4.69) is 45.2 Å². The Labute approximate surface area is 175 Å². The molecule has 2 heterocycles. The number of anilines is 1. The first-order valence-electron chi connectivity index (χ1n) is 8.57. The van der Waals surface area contributed by atoms with E-state index in [1.54, 1.807) is 25.2 Å². The molecule has 0 atom stereocenters. The molecule has 0 spiro atoms. The van der Waals surface area contributed by atoms with Crippen LogP contribution in [-0.2, 0) is 4.74 Å². The molecule has 1 saturated heterocycles. The fourth-order valence-corrected chi connectivity index (χ4v) is 4.96. The van der Waals surface area contributed by atoms with Gasteiger partial charge in [0.1, 0.15) is 17.3 Å². The number of rotatable bonds is 5. The van der Waals surface area contributed by atoms with Gasteiger partial charge in [-0.3, -0.25) is 8.77 Å². The van der Waals surface area contributed by atoms with E-state index in [1.807, 2.05) is 16.1 Å². The predicted molar refractivity (Wildman–Crippen MR) is 118 cm³/mol. The van der Waals surface area contributed by atoms with Gasteiger partial charge in [0.15, 0.2) is 0 Å². The van der Waals surface area contributed by atoms with E-state index in [0.29, 0.717) is 5.69 Å². The van der Waals surface area contributed by atoms with Gasteiger partial charge in [-0.15, -0.1) is 0 Å². The first-order chi connectivity index (χ1) is 13.0. The highest BCUT2D eigenvalue weighted by atomic mass is 127. The summed E-state index contributed by atoms with van der Waals surface area (Å²) in [6.45, 7) is 5.27. The minimum atomic E-state index is -0.267. The number of nitriles is 1. The maximum absolute atomic E-state index is 13.0. The normalized spacial score (nSPS) is 15.1. The molecule has 142 valence electrons. The van der Waals surface area contributed by atoms with Crippen LogP contribution in [0.2, 0.25) is 0 Å². The summed E-state index contributed by atoms with van der Waals surface area (Å²) >= 11 is 2.17. The Kier molecular flexibility index (Phi) is 6.34. The summed E-state index contributed by atoms with van der Waals surface area (Å²) in [4.78, 5) is 17.0. The highest BCUT2D eigenvalue weighted by Gasteiger charge is 2.22. The van der Waals surface area contributed by atoms with Crippen LogP contribution in [0.5, 0.6) is 0 Å². The van der Waals surface area contributed by atoms with Gasteiger partial charge in [-0.1, -0.05) is 0 Å². The lowest BCUT2D eigenvalue weighted by Crippen LogP contribution is -2.36. The van der Waals surface area contributed by atoms with E-state index >= 15 is 0 Å². The standard InChI is InChI=1S/C19H21IN4O2S/c1-13-8-14-9-18(19(25)15(11-21)12-22(2)3)24(27-20)17(14)10-16(13)23-4-6-26-7-5-23/h8-10,12H,4-7H2,1-3H3/b15-12+. The molecule has 3 rings (SSSR count). The third-order valence-electron chi connectivity index (χ3n) is 4.48. The molecule has 0 radical (unpaired) electrons. The van der Waals surface area contributed by atoms with Crippen molar-refractivity contribution in [3.63, 3.8) is 0 Å². The number of carbonyl (C=O) groups excluding carboxylic acids is 1. The van der Waals surface area contributed by atoms with Crippen LogP contribution in [0.15, 0.2) is 30.0 Å². The van der Waals surface area contributed by atoms with Crippen molar-refractivity contribution >= 4 is 52.7 Å². The van der Waals surface area contributed by atoms with Gasteiger partial charge in [0.25, 0.3) is 0 Å². The van der Waals surface area contributed by atoms with Crippen LogP contribution in [0, 0.1) is 18.3 Å². The molecule has 0 unspecified atom stereocenters. The molecular weight excluding hydrogens is 475 g/mol. The summed E-state index contributed by atoms with van der Waals surface area (Å²) in [5.41, 5.74) is 3.95. The SMILES string of the molecule is Cc1cc2cc(C(=O)/C(C#N)=C/N(C)C)n(SI)c2cc1N1CCOCC1. The smallest absolute Gasteiger partial charge is 0.222 e. The number of nitrogens with zero attached hydrogens (tertiary/aromatic N) is 4. The summed E-state index contributed by atoms with van der Waals surface area (Å²) in [5, 5.41) is 10.4. The van der Waals surface area contributed by atoms with Gasteiger partial charge in [-0.05, 0) is 30.7 Å². The highest BCUT2D eigenvalue weighted by molar-refractivity contribution is 14.2. The quantitative estimate of drug-likeness (QED) is 0.272. The fourth-order valence-electron chi connectivity index (χ4n) is 3.25. The van der Waals surface area contributed by atoms with E-state index in [1.165, 1.54) is 20.4 Å². The second kappa shape index (κ2) is 8.54. The van der Waals surface area contributed by atoms with Crippen LogP contribution in [0.25, 0.3) is 10.9 Å². The number of Topliss-reactive ketones (excluding diaryl/α,β-unsaturated/α-hetero) is 1. The Morgan fingerprint density at radius 2 is 2.04 bits per heavy atom. The topological polar surface area (TPSA) is 61.5 Å². The molecular formula is C19H21IN4O2S. The Morgan fingerprint density at radius 3 is 2.63 bits per heavy atom. The molecule has 0 aliphatic carbocycles. The maximum Gasteiger partial charge on any atom is 0.222 e. The molecule has 2 aromatic rings. The van der Waals surface area contributed by atoms with Crippen molar-refractivity contribution in [2.75, 3.05) is 45.3 Å². The van der Waals surface area contributed by atoms with Crippen molar-refractivity contribution in [2.45, 2.75) is 6.92 Å². The number of morpholine rings is 1. The molecule has 0 saturated carbocycles. The number of aromatic nitrogens is 1. The van der Waals surface area contributed by atoms with Crippen LogP contribution < -0.4 is 4.90 Å². The number of fused-ring (bicyclic) bond motifs is 1. The van der Waals surface area contributed by atoms with Crippen molar-refractivity contribution in [1.29, 1.82) is 5.26 Å². The maximum atomic E-state index is 13.0. The summed E-state index contributed by atoms with van der Waals surface area (Å²) in [6, 6.07) is 8.15. The van der Waals surface area contributed by atoms with E-state index in [-0.39, 0.29) is 11.4 Å². The first kappa shape index (κ1) is 20.0. The molecule has 1 aromatic carbocycles. The van der Waals surface area contributed by atoms with Crippen LogP contribution in [0.4, 0.5) is 5.69 Å². The zero-order valence-electron chi connectivity index (χ0n) is 15.5. The summed E-state index contributed by atoms with van der Waals surface area (Å²) < 4.78 is 7.37. The van der Waals surface area contributed by atoms with Gasteiger partial charge >= 0.3 is 0 Å². The van der Waals surface area contributed by atoms with Crippen molar-refractivity contribution in [1.82, 2.24) is 8.87 Å².